The number of hydrogen-bond donors (Lipinski definition) is 1. The van der Waals surface area contributed by atoms with Gasteiger partial charge in [-0.2, -0.15) is 0 Å². The zero-order valence-electron chi connectivity index (χ0n) is 15.6. The van der Waals surface area contributed by atoms with Crippen molar-refractivity contribution >= 4 is 46.1 Å². The molecule has 0 atom stereocenters. The first-order valence-electron chi connectivity index (χ1n) is 9.07. The lowest BCUT2D eigenvalue weighted by Gasteiger charge is -2.09. The number of carbonyl (C=O) groups excluding carboxylic acids is 1. The quantitative estimate of drug-likeness (QED) is 0.348. The number of nitrogens with zero attached hydrogens (tertiary/aromatic N) is 1. The van der Waals surface area contributed by atoms with E-state index in [1.165, 1.54) is 0 Å². The van der Waals surface area contributed by atoms with Crippen molar-refractivity contribution < 1.29 is 9.53 Å². The van der Waals surface area contributed by atoms with Crippen molar-refractivity contribution in [2.75, 3.05) is 11.9 Å². The van der Waals surface area contributed by atoms with Crippen molar-refractivity contribution in [3.05, 3.63) is 88.2 Å². The molecule has 30 heavy (non-hydrogen) atoms. The smallest absolute Gasteiger partial charge is 0.262 e. The number of benzene rings is 3. The van der Waals surface area contributed by atoms with Gasteiger partial charge in [0, 0.05) is 27.2 Å². The molecule has 4 nitrogen and oxygen atoms in total. The first-order valence-corrected chi connectivity index (χ1v) is 10.7. The van der Waals surface area contributed by atoms with Crippen molar-refractivity contribution in [2.24, 2.45) is 0 Å². The molecule has 1 heterocycles. The third-order valence-corrected chi connectivity index (χ3v) is 5.66. The van der Waals surface area contributed by atoms with E-state index in [-0.39, 0.29) is 12.5 Å². The Morgan fingerprint density at radius 3 is 2.47 bits per heavy atom. The van der Waals surface area contributed by atoms with Gasteiger partial charge in [-0.15, -0.1) is 11.3 Å². The summed E-state index contributed by atoms with van der Waals surface area (Å²) < 4.78 is 5.45. The number of aromatic nitrogens is 1. The molecule has 0 aliphatic heterocycles. The Hall–Kier alpha value is -2.86. The third-order valence-electron chi connectivity index (χ3n) is 4.24. The second-order valence-electron chi connectivity index (χ2n) is 6.39. The molecule has 150 valence electrons. The van der Waals surface area contributed by atoms with Gasteiger partial charge in [0.2, 0.25) is 0 Å². The molecule has 1 N–H and O–H groups in total. The number of hydrogen-bond acceptors (Lipinski definition) is 4. The van der Waals surface area contributed by atoms with Crippen LogP contribution in [0.5, 0.6) is 5.75 Å². The van der Waals surface area contributed by atoms with Gasteiger partial charge in [-0.3, -0.25) is 4.79 Å². The molecule has 4 rings (SSSR count). The summed E-state index contributed by atoms with van der Waals surface area (Å²) in [5.41, 5.74) is 3.65. The molecule has 0 saturated heterocycles. The number of thiazole rings is 1. The predicted octanol–water partition coefficient (Wildman–Crippen LogP) is 6.80. The minimum absolute atomic E-state index is 0.157. The van der Waals surface area contributed by atoms with Crippen LogP contribution in [0.3, 0.4) is 0 Å². The Balaban J connectivity index is 1.37. The van der Waals surface area contributed by atoms with Gasteiger partial charge < -0.3 is 10.1 Å². The van der Waals surface area contributed by atoms with Crippen molar-refractivity contribution in [3.63, 3.8) is 0 Å². The molecule has 0 spiro atoms. The van der Waals surface area contributed by atoms with Crippen molar-refractivity contribution in [2.45, 2.75) is 0 Å². The second kappa shape index (κ2) is 9.30. The van der Waals surface area contributed by atoms with Crippen LogP contribution in [0.2, 0.25) is 10.0 Å². The highest BCUT2D eigenvalue weighted by Gasteiger charge is 2.09. The zero-order chi connectivity index (χ0) is 20.9. The van der Waals surface area contributed by atoms with Gasteiger partial charge in [-0.1, -0.05) is 65.7 Å². The van der Waals surface area contributed by atoms with Crippen molar-refractivity contribution in [1.82, 2.24) is 4.98 Å². The molecular weight excluding hydrogens is 439 g/mol. The first kappa shape index (κ1) is 20.4. The van der Waals surface area contributed by atoms with E-state index < -0.39 is 0 Å². The van der Waals surface area contributed by atoms with E-state index in [0.29, 0.717) is 21.5 Å². The van der Waals surface area contributed by atoms with E-state index in [1.54, 1.807) is 29.5 Å². The van der Waals surface area contributed by atoms with Gasteiger partial charge in [0.05, 0.1) is 10.7 Å². The SMILES string of the molecule is O=C(COc1ccc(Cl)cc1Cl)Nc1ccc(-c2csc(-c3ccccc3)n2)cc1. The lowest BCUT2D eigenvalue weighted by atomic mass is 10.1. The highest BCUT2D eigenvalue weighted by molar-refractivity contribution is 7.13. The normalized spacial score (nSPS) is 10.6. The molecule has 0 radical (unpaired) electrons. The Bertz CT molecular complexity index is 1160. The molecule has 1 aromatic heterocycles. The first-order chi connectivity index (χ1) is 14.6. The maximum atomic E-state index is 12.2. The molecule has 7 heteroatoms. The average molecular weight is 455 g/mol. The monoisotopic (exact) mass is 454 g/mol. The maximum absolute atomic E-state index is 12.2. The van der Waals surface area contributed by atoms with Gasteiger partial charge in [-0.05, 0) is 30.3 Å². The van der Waals surface area contributed by atoms with E-state index in [9.17, 15) is 4.79 Å². The number of nitrogens with one attached hydrogen (secondary N) is 1. The van der Waals surface area contributed by atoms with Gasteiger partial charge in [-0.25, -0.2) is 4.98 Å². The Labute approximate surface area is 188 Å². The van der Waals surface area contributed by atoms with Crippen LogP contribution in [0, 0.1) is 0 Å². The standard InChI is InChI=1S/C23H16Cl2N2O2S/c24-17-8-11-21(19(25)12-17)29-13-22(28)26-18-9-6-15(7-10-18)20-14-30-23(27-20)16-4-2-1-3-5-16/h1-12,14H,13H2,(H,26,28). The largest absolute Gasteiger partial charge is 0.482 e. The number of carbonyl (C=O) groups is 1. The fourth-order valence-corrected chi connectivity index (χ4v) is 4.07. The van der Waals surface area contributed by atoms with E-state index in [2.05, 4.69) is 5.32 Å². The van der Waals surface area contributed by atoms with E-state index in [4.69, 9.17) is 32.9 Å². The average Bonchev–Trinajstić information content (AvgIpc) is 3.25. The van der Waals surface area contributed by atoms with Crippen molar-refractivity contribution in [3.8, 4) is 27.6 Å². The number of amides is 1. The topological polar surface area (TPSA) is 51.2 Å². The molecular formula is C23H16Cl2N2O2S. The van der Waals surface area contributed by atoms with Gasteiger partial charge >= 0.3 is 0 Å². The van der Waals surface area contributed by atoms with Gasteiger partial charge in [0.1, 0.15) is 10.8 Å². The Morgan fingerprint density at radius 1 is 0.967 bits per heavy atom. The minimum atomic E-state index is -0.284. The molecule has 0 bridgehead atoms. The summed E-state index contributed by atoms with van der Waals surface area (Å²) in [5.74, 6) is 0.123. The molecule has 1 amide bonds. The van der Waals surface area contributed by atoms with Crippen LogP contribution in [0.25, 0.3) is 21.8 Å². The summed E-state index contributed by atoms with van der Waals surface area (Å²) in [6.07, 6.45) is 0. The molecule has 0 unspecified atom stereocenters. The molecule has 4 aromatic rings. The second-order valence-corrected chi connectivity index (χ2v) is 8.09. The van der Waals surface area contributed by atoms with Gasteiger partial charge in [0.15, 0.2) is 6.61 Å². The van der Waals surface area contributed by atoms with E-state index in [1.807, 2.05) is 60.0 Å². The van der Waals surface area contributed by atoms with E-state index in [0.717, 1.165) is 21.8 Å². The summed E-state index contributed by atoms with van der Waals surface area (Å²) in [6.45, 7) is -0.157. The molecule has 3 aromatic carbocycles. The Morgan fingerprint density at radius 2 is 1.73 bits per heavy atom. The van der Waals surface area contributed by atoms with Crippen LogP contribution in [0.15, 0.2) is 78.2 Å². The summed E-state index contributed by atoms with van der Waals surface area (Å²) in [4.78, 5) is 16.9. The van der Waals surface area contributed by atoms with Crippen LogP contribution in [0.1, 0.15) is 0 Å². The highest BCUT2D eigenvalue weighted by Crippen LogP contribution is 2.30. The molecule has 0 saturated carbocycles. The van der Waals surface area contributed by atoms with Crippen LogP contribution in [0.4, 0.5) is 5.69 Å². The van der Waals surface area contributed by atoms with Crippen LogP contribution < -0.4 is 10.1 Å². The molecule has 0 aliphatic carbocycles. The molecule has 0 aliphatic rings. The van der Waals surface area contributed by atoms with Crippen LogP contribution >= 0.6 is 34.5 Å². The van der Waals surface area contributed by atoms with Crippen LogP contribution in [-0.4, -0.2) is 17.5 Å². The number of rotatable bonds is 6. The Kier molecular flexibility index (Phi) is 6.33. The zero-order valence-corrected chi connectivity index (χ0v) is 18.0. The molecule has 0 fully saturated rings. The maximum Gasteiger partial charge on any atom is 0.262 e. The van der Waals surface area contributed by atoms with Crippen LogP contribution in [-0.2, 0) is 4.79 Å². The summed E-state index contributed by atoms with van der Waals surface area (Å²) in [7, 11) is 0. The summed E-state index contributed by atoms with van der Waals surface area (Å²) in [5, 5.41) is 6.67. The fourth-order valence-electron chi connectivity index (χ4n) is 2.78. The predicted molar refractivity (Wildman–Crippen MR) is 124 cm³/mol. The number of ether oxygens (including phenoxy) is 1. The fraction of sp³-hybridized carbons (Fsp3) is 0.0435. The number of halogens is 2. The summed E-state index contributed by atoms with van der Waals surface area (Å²) in [6, 6.07) is 22.4. The highest BCUT2D eigenvalue weighted by atomic mass is 35.5. The lowest BCUT2D eigenvalue weighted by molar-refractivity contribution is -0.118. The summed E-state index contributed by atoms with van der Waals surface area (Å²) >= 11 is 13.5. The van der Waals surface area contributed by atoms with Crippen molar-refractivity contribution in [1.29, 1.82) is 0 Å². The lowest BCUT2D eigenvalue weighted by Crippen LogP contribution is -2.20. The van der Waals surface area contributed by atoms with Gasteiger partial charge in [0.25, 0.3) is 5.91 Å². The van der Waals surface area contributed by atoms with E-state index >= 15 is 0 Å². The minimum Gasteiger partial charge on any atom is -0.482 e. The number of anilines is 1. The third kappa shape index (κ3) is 5.00.